The molecule has 0 aliphatic carbocycles. The first kappa shape index (κ1) is 31.5. The largest absolute Gasteiger partial charge is 0.468 e. The normalized spacial score (nSPS) is 13.3. The maximum Gasteiger partial charge on any atom is 0.324 e. The number of carbonyl (C=O) groups is 2. The van der Waals surface area contributed by atoms with Gasteiger partial charge in [-0.25, -0.2) is 13.1 Å². The van der Waals surface area contributed by atoms with Crippen LogP contribution in [0.5, 0.6) is 0 Å². The summed E-state index contributed by atoms with van der Waals surface area (Å²) in [6.07, 6.45) is 7.03. The van der Waals surface area contributed by atoms with E-state index in [1.54, 1.807) is 0 Å². The molecule has 0 radical (unpaired) electrons. The van der Waals surface area contributed by atoms with Crippen LogP contribution in [0.15, 0.2) is 77.9 Å². The second kappa shape index (κ2) is 16.3. The zero-order valence-corrected chi connectivity index (χ0v) is 24.1. The number of carbonyl (C=O) groups excluding carboxylic acids is 2. The van der Waals surface area contributed by atoms with Crippen molar-refractivity contribution in [2.75, 3.05) is 31.5 Å². The van der Waals surface area contributed by atoms with E-state index in [1.807, 2.05) is 61.5 Å². The number of rotatable bonds is 16. The number of ether oxygens (including phenoxy) is 2. The van der Waals surface area contributed by atoms with Crippen LogP contribution in [-0.4, -0.2) is 57.7 Å². The molecule has 0 fully saturated rings. The molecule has 2 aromatic carbocycles. The number of hydrogen-bond donors (Lipinski definition) is 1. The van der Waals surface area contributed by atoms with E-state index in [-0.39, 0.29) is 5.78 Å². The van der Waals surface area contributed by atoms with Gasteiger partial charge in [-0.2, -0.15) is 11.8 Å². The summed E-state index contributed by atoms with van der Waals surface area (Å²) in [7, 11) is -2.26. The summed E-state index contributed by atoms with van der Waals surface area (Å²) in [6.45, 7) is 5.03. The van der Waals surface area contributed by atoms with E-state index < -0.39 is 22.0 Å². The number of methoxy groups -OCH3 is 1. The lowest BCUT2D eigenvalue weighted by Gasteiger charge is -2.14. The molecule has 0 saturated heterocycles. The first-order chi connectivity index (χ1) is 18.1. The fraction of sp³-hybridized carbons (Fsp3) is 0.379. The highest BCUT2D eigenvalue weighted by Gasteiger charge is 2.22. The zero-order valence-electron chi connectivity index (χ0n) is 22.4. The molecular formula is C29H37NO6S2. The summed E-state index contributed by atoms with van der Waals surface area (Å²) in [4.78, 5) is 24.4. The fourth-order valence-corrected chi connectivity index (χ4v) is 5.33. The Morgan fingerprint density at radius 1 is 1.00 bits per heavy atom. The van der Waals surface area contributed by atoms with Gasteiger partial charge in [0.15, 0.2) is 5.78 Å². The molecule has 0 bridgehead atoms. The highest BCUT2D eigenvalue weighted by atomic mass is 35.1. The van der Waals surface area contributed by atoms with Gasteiger partial charge < -0.3 is 9.47 Å². The van der Waals surface area contributed by atoms with Gasteiger partial charge in [0.1, 0.15) is 6.04 Å². The number of ketones is 1. The predicted molar refractivity (Wildman–Crippen MR) is 154 cm³/mol. The highest BCUT2D eigenvalue weighted by Crippen LogP contribution is 2.14. The molecule has 0 amide bonds. The Morgan fingerprint density at radius 2 is 1.71 bits per heavy atom. The fourth-order valence-electron chi connectivity index (χ4n) is 3.53. The molecule has 7 nitrogen and oxygen atoms in total. The van der Waals surface area contributed by atoms with Crippen molar-refractivity contribution in [1.29, 1.82) is 0 Å². The van der Waals surface area contributed by atoms with Crippen LogP contribution in [0.4, 0.5) is 0 Å². The SMILES string of the molecule is COC(=O)[C@H](CSC/C=C(\C)CC/C=C(\C)COCc1cccc(C(=O)c2ccccc2)c1)N[35S](C)(=O)=O. The van der Waals surface area contributed by atoms with Gasteiger partial charge in [-0.05, 0) is 38.3 Å². The molecule has 9 heteroatoms. The van der Waals surface area contributed by atoms with Crippen molar-refractivity contribution < 1.29 is 27.5 Å². The molecule has 0 saturated carbocycles. The van der Waals surface area contributed by atoms with Crippen molar-refractivity contribution >= 4 is 33.5 Å². The van der Waals surface area contributed by atoms with Gasteiger partial charge in [-0.15, -0.1) is 0 Å². The van der Waals surface area contributed by atoms with E-state index in [0.717, 1.165) is 30.2 Å². The summed E-state index contributed by atoms with van der Waals surface area (Å²) in [6, 6.07) is 15.9. The van der Waals surface area contributed by atoms with E-state index in [0.29, 0.717) is 35.8 Å². The minimum atomic E-state index is -3.50. The minimum absolute atomic E-state index is 0.000737. The number of thioether (sulfide) groups is 1. The molecule has 0 spiro atoms. The molecule has 0 aromatic heterocycles. The van der Waals surface area contributed by atoms with Crippen LogP contribution in [0.25, 0.3) is 0 Å². The van der Waals surface area contributed by atoms with E-state index in [2.05, 4.69) is 28.5 Å². The first-order valence-electron chi connectivity index (χ1n) is 12.3. The topological polar surface area (TPSA) is 98.8 Å². The molecule has 2 aromatic rings. The van der Waals surface area contributed by atoms with Crippen LogP contribution in [-0.2, 0) is 30.9 Å². The summed E-state index contributed by atoms with van der Waals surface area (Å²) in [5, 5.41) is 0. The number of hydrogen-bond acceptors (Lipinski definition) is 7. The van der Waals surface area contributed by atoms with Gasteiger partial charge in [0, 0.05) is 22.6 Å². The Morgan fingerprint density at radius 3 is 2.39 bits per heavy atom. The summed E-state index contributed by atoms with van der Waals surface area (Å²) in [5.41, 5.74) is 4.63. The summed E-state index contributed by atoms with van der Waals surface area (Å²) >= 11 is 1.46. The molecule has 2 rings (SSSR count). The van der Waals surface area contributed by atoms with Crippen LogP contribution in [0, 0.1) is 0 Å². The number of allylic oxidation sites excluding steroid dienone is 2. The molecule has 1 N–H and O–H groups in total. The number of nitrogens with one attached hydrogen (secondary N) is 1. The lowest BCUT2D eigenvalue weighted by atomic mass is 10.0. The van der Waals surface area contributed by atoms with E-state index in [9.17, 15) is 18.0 Å². The van der Waals surface area contributed by atoms with Crippen molar-refractivity contribution in [1.82, 2.24) is 4.72 Å². The molecule has 1 atom stereocenters. The van der Waals surface area contributed by atoms with Crippen LogP contribution in [0.1, 0.15) is 48.2 Å². The van der Waals surface area contributed by atoms with Gasteiger partial charge in [0.25, 0.3) is 0 Å². The lowest BCUT2D eigenvalue weighted by molar-refractivity contribution is -0.141. The maximum absolute atomic E-state index is 12.7. The number of benzene rings is 2. The molecule has 38 heavy (non-hydrogen) atoms. The van der Waals surface area contributed by atoms with Crippen LogP contribution >= 0.6 is 11.8 Å². The van der Waals surface area contributed by atoms with Crippen molar-refractivity contribution in [2.45, 2.75) is 39.3 Å². The zero-order chi connectivity index (χ0) is 28.0. The average Bonchev–Trinajstić information content (AvgIpc) is 2.89. The van der Waals surface area contributed by atoms with Gasteiger partial charge in [0.2, 0.25) is 10.0 Å². The molecule has 0 aliphatic rings. The monoisotopic (exact) mass is 562 g/mol. The molecule has 0 unspecified atom stereocenters. The third-order valence-electron chi connectivity index (χ3n) is 5.53. The van der Waals surface area contributed by atoms with Gasteiger partial charge in [0.05, 0.1) is 26.6 Å². The number of esters is 1. The predicted octanol–water partition coefficient (Wildman–Crippen LogP) is 4.93. The molecule has 0 heterocycles. The third kappa shape index (κ3) is 12.2. The van der Waals surface area contributed by atoms with E-state index >= 15 is 0 Å². The molecular weight excluding hydrogens is 525 g/mol. The Bertz CT molecular complexity index is 1220. The highest BCUT2D eigenvalue weighted by molar-refractivity contribution is 7.99. The lowest BCUT2D eigenvalue weighted by Crippen LogP contribution is -2.42. The maximum atomic E-state index is 12.7. The average molecular weight is 563 g/mol. The van der Waals surface area contributed by atoms with Crippen LogP contribution in [0.3, 0.4) is 0 Å². The van der Waals surface area contributed by atoms with Crippen molar-refractivity contribution in [3.8, 4) is 0 Å². The van der Waals surface area contributed by atoms with Crippen molar-refractivity contribution in [3.05, 3.63) is 94.6 Å². The smallest absolute Gasteiger partial charge is 0.324 e. The summed E-state index contributed by atoms with van der Waals surface area (Å²) in [5.74, 6) is 0.366. The van der Waals surface area contributed by atoms with Gasteiger partial charge in [-0.1, -0.05) is 71.8 Å². The van der Waals surface area contributed by atoms with Crippen LogP contribution < -0.4 is 4.72 Å². The van der Waals surface area contributed by atoms with Crippen molar-refractivity contribution in [2.24, 2.45) is 0 Å². The first-order valence-corrected chi connectivity index (χ1v) is 15.3. The quantitative estimate of drug-likeness (QED) is 0.134. The Balaban J connectivity index is 1.72. The second-order valence-corrected chi connectivity index (χ2v) is 11.9. The molecule has 0 aliphatic heterocycles. The molecule has 206 valence electrons. The second-order valence-electron chi connectivity index (χ2n) is 9.03. The minimum Gasteiger partial charge on any atom is -0.468 e. The Hall–Kier alpha value is -2.72. The standard InChI is InChI=1S/C29H37NO6S2/c1-22(16-17-37-21-27(29(32)35-3)30-38(4,33)34)10-8-11-23(2)19-36-20-24-12-9-15-26(18-24)28(31)25-13-6-5-7-14-25/h5-7,9,11-16,18,27,30H,8,10,17,19-21H2,1-4H3/b22-16+,23-11+/t27-/m0/s1/i38+3. The Labute approximate surface area is 230 Å². The van der Waals surface area contributed by atoms with E-state index in [4.69, 9.17) is 4.74 Å². The van der Waals surface area contributed by atoms with Crippen molar-refractivity contribution in [3.63, 3.8) is 0 Å². The van der Waals surface area contributed by atoms with E-state index in [1.165, 1.54) is 24.4 Å². The van der Waals surface area contributed by atoms with Gasteiger partial charge >= 0.3 is 5.97 Å². The summed E-state index contributed by atoms with van der Waals surface area (Å²) < 4.78 is 35.7. The Kier molecular flexibility index (Phi) is 13.5. The van der Waals surface area contributed by atoms with Crippen LogP contribution in [0.2, 0.25) is 0 Å². The third-order valence-corrected chi connectivity index (χ3v) is 7.22. The number of sulfonamides is 1. The van der Waals surface area contributed by atoms with Gasteiger partial charge in [-0.3, -0.25) is 9.59 Å².